The minimum Gasteiger partial charge on any atom is -0.394 e. The Morgan fingerprint density at radius 3 is 2.94 bits per heavy atom. The first-order valence-corrected chi connectivity index (χ1v) is 6.86. The van der Waals surface area contributed by atoms with Gasteiger partial charge in [-0.2, -0.15) is 0 Å². The van der Waals surface area contributed by atoms with Crippen LogP contribution in [0.1, 0.15) is 18.9 Å². The number of halogens is 1. The molecule has 0 radical (unpaired) electrons. The second kappa shape index (κ2) is 5.28. The summed E-state index contributed by atoms with van der Waals surface area (Å²) >= 11 is 3.44. The summed E-state index contributed by atoms with van der Waals surface area (Å²) in [5.41, 5.74) is 7.31. The van der Waals surface area contributed by atoms with Crippen LogP contribution in [0.3, 0.4) is 0 Å². The van der Waals surface area contributed by atoms with E-state index < -0.39 is 0 Å². The van der Waals surface area contributed by atoms with E-state index in [0.29, 0.717) is 11.5 Å². The molecule has 0 bridgehead atoms. The van der Waals surface area contributed by atoms with Gasteiger partial charge in [-0.3, -0.25) is 5.41 Å². The molecule has 1 fully saturated rings. The second-order valence-electron chi connectivity index (χ2n) is 4.76. The van der Waals surface area contributed by atoms with Gasteiger partial charge in [-0.1, -0.05) is 13.0 Å². The Bertz CT molecular complexity index is 464. The van der Waals surface area contributed by atoms with Crippen LogP contribution in [-0.4, -0.2) is 30.1 Å². The Labute approximate surface area is 115 Å². The molecule has 0 amide bonds. The summed E-state index contributed by atoms with van der Waals surface area (Å²) < 4.78 is 0.823. The first-order valence-electron chi connectivity index (χ1n) is 6.06. The van der Waals surface area contributed by atoms with Gasteiger partial charge in [0.2, 0.25) is 0 Å². The summed E-state index contributed by atoms with van der Waals surface area (Å²) in [5.74, 6) is 0.502. The van der Waals surface area contributed by atoms with Gasteiger partial charge < -0.3 is 15.7 Å². The number of rotatable bonds is 3. The SMILES string of the molecule is CC1CCN(c2cccc(Br)c2C(=N)N)C1CO. The fourth-order valence-corrected chi connectivity index (χ4v) is 3.17. The normalized spacial score (nSPS) is 23.4. The Morgan fingerprint density at radius 2 is 2.33 bits per heavy atom. The zero-order valence-electron chi connectivity index (χ0n) is 10.4. The van der Waals surface area contributed by atoms with Gasteiger partial charge in [0.25, 0.3) is 0 Å². The molecule has 1 aromatic carbocycles. The van der Waals surface area contributed by atoms with Crippen LogP contribution in [0.4, 0.5) is 5.69 Å². The fraction of sp³-hybridized carbons (Fsp3) is 0.462. The van der Waals surface area contributed by atoms with E-state index in [-0.39, 0.29) is 18.5 Å². The molecule has 4 N–H and O–H groups in total. The summed E-state index contributed by atoms with van der Waals surface area (Å²) in [6.07, 6.45) is 1.05. The Kier molecular flexibility index (Phi) is 3.92. The smallest absolute Gasteiger partial charge is 0.126 e. The lowest BCUT2D eigenvalue weighted by Crippen LogP contribution is -2.36. The van der Waals surface area contributed by atoms with Crippen molar-refractivity contribution >= 4 is 27.5 Å². The molecule has 98 valence electrons. The molecule has 18 heavy (non-hydrogen) atoms. The van der Waals surface area contributed by atoms with Crippen LogP contribution in [0.5, 0.6) is 0 Å². The van der Waals surface area contributed by atoms with Crippen molar-refractivity contribution in [3.63, 3.8) is 0 Å². The molecule has 0 aromatic heterocycles. The molecule has 0 aliphatic carbocycles. The molecule has 1 saturated heterocycles. The quantitative estimate of drug-likeness (QED) is 0.590. The van der Waals surface area contributed by atoms with Gasteiger partial charge in [0.1, 0.15) is 5.84 Å². The predicted octanol–water partition coefficient (Wildman–Crippen LogP) is 1.94. The van der Waals surface area contributed by atoms with Crippen molar-refractivity contribution in [1.29, 1.82) is 5.41 Å². The van der Waals surface area contributed by atoms with Crippen LogP contribution in [-0.2, 0) is 0 Å². The van der Waals surface area contributed by atoms with Gasteiger partial charge in [0.05, 0.1) is 18.2 Å². The number of hydrogen-bond donors (Lipinski definition) is 3. The van der Waals surface area contributed by atoms with Gasteiger partial charge in [0, 0.05) is 16.7 Å². The molecule has 5 heteroatoms. The van der Waals surface area contributed by atoms with Crippen molar-refractivity contribution in [2.24, 2.45) is 11.7 Å². The summed E-state index contributed by atoms with van der Waals surface area (Å²) in [6, 6.07) is 5.89. The van der Waals surface area contributed by atoms with E-state index >= 15 is 0 Å². The first-order chi connectivity index (χ1) is 8.56. The Morgan fingerprint density at radius 1 is 1.61 bits per heavy atom. The average molecular weight is 312 g/mol. The molecule has 1 aliphatic rings. The third-order valence-electron chi connectivity index (χ3n) is 3.64. The molecular weight excluding hydrogens is 294 g/mol. The predicted molar refractivity (Wildman–Crippen MR) is 77.2 cm³/mol. The highest BCUT2D eigenvalue weighted by molar-refractivity contribution is 9.10. The van der Waals surface area contributed by atoms with Crippen LogP contribution in [0.15, 0.2) is 22.7 Å². The Hall–Kier alpha value is -1.07. The number of nitrogens with zero attached hydrogens (tertiary/aromatic N) is 1. The van der Waals surface area contributed by atoms with Crippen molar-refractivity contribution in [2.45, 2.75) is 19.4 Å². The van der Waals surface area contributed by atoms with Crippen LogP contribution < -0.4 is 10.6 Å². The van der Waals surface area contributed by atoms with Gasteiger partial charge in [-0.25, -0.2) is 0 Å². The number of nitrogens with two attached hydrogens (primary N) is 1. The number of amidine groups is 1. The maximum atomic E-state index is 9.53. The van der Waals surface area contributed by atoms with Gasteiger partial charge >= 0.3 is 0 Å². The lowest BCUT2D eigenvalue weighted by atomic mass is 10.0. The van der Waals surface area contributed by atoms with Crippen LogP contribution in [0, 0.1) is 11.3 Å². The molecule has 2 atom stereocenters. The van der Waals surface area contributed by atoms with Crippen molar-refractivity contribution < 1.29 is 5.11 Å². The van der Waals surface area contributed by atoms with E-state index in [1.807, 2.05) is 18.2 Å². The number of anilines is 1. The first kappa shape index (κ1) is 13.4. The van der Waals surface area contributed by atoms with E-state index in [2.05, 4.69) is 27.8 Å². The van der Waals surface area contributed by atoms with E-state index in [0.717, 1.165) is 23.1 Å². The summed E-state index contributed by atoms with van der Waals surface area (Å²) in [7, 11) is 0. The summed E-state index contributed by atoms with van der Waals surface area (Å²) in [6.45, 7) is 3.17. The highest BCUT2D eigenvalue weighted by atomic mass is 79.9. The van der Waals surface area contributed by atoms with Crippen LogP contribution in [0.2, 0.25) is 0 Å². The molecule has 0 saturated carbocycles. The lowest BCUT2D eigenvalue weighted by molar-refractivity contribution is 0.244. The van der Waals surface area contributed by atoms with Crippen molar-refractivity contribution in [3.8, 4) is 0 Å². The number of benzene rings is 1. The van der Waals surface area contributed by atoms with E-state index in [9.17, 15) is 5.11 Å². The van der Waals surface area contributed by atoms with Crippen molar-refractivity contribution in [1.82, 2.24) is 0 Å². The summed E-state index contributed by atoms with van der Waals surface area (Å²) in [5, 5.41) is 17.2. The van der Waals surface area contributed by atoms with Crippen molar-refractivity contribution in [2.75, 3.05) is 18.1 Å². The summed E-state index contributed by atoms with van der Waals surface area (Å²) in [4.78, 5) is 2.16. The molecule has 0 spiro atoms. The van der Waals surface area contributed by atoms with E-state index in [1.54, 1.807) is 0 Å². The van der Waals surface area contributed by atoms with E-state index in [4.69, 9.17) is 11.1 Å². The zero-order chi connectivity index (χ0) is 13.3. The highest BCUT2D eigenvalue weighted by Gasteiger charge is 2.32. The zero-order valence-corrected chi connectivity index (χ0v) is 11.9. The van der Waals surface area contributed by atoms with Gasteiger partial charge in [-0.05, 0) is 40.4 Å². The van der Waals surface area contributed by atoms with Crippen molar-refractivity contribution in [3.05, 3.63) is 28.2 Å². The molecule has 1 aromatic rings. The minimum atomic E-state index is 0.0497. The third kappa shape index (κ3) is 2.24. The topological polar surface area (TPSA) is 73.3 Å². The van der Waals surface area contributed by atoms with Gasteiger partial charge in [-0.15, -0.1) is 0 Å². The molecule has 4 nitrogen and oxygen atoms in total. The number of aliphatic hydroxyl groups is 1. The molecule has 2 rings (SSSR count). The van der Waals surface area contributed by atoms with E-state index in [1.165, 1.54) is 0 Å². The number of hydrogen-bond acceptors (Lipinski definition) is 3. The maximum absolute atomic E-state index is 9.53. The molecular formula is C13H18BrN3O. The fourth-order valence-electron chi connectivity index (χ4n) is 2.60. The number of nitrogen functional groups attached to an aromatic ring is 1. The molecule has 1 aliphatic heterocycles. The van der Waals surface area contributed by atoms with Crippen LogP contribution >= 0.6 is 15.9 Å². The maximum Gasteiger partial charge on any atom is 0.126 e. The van der Waals surface area contributed by atoms with Crippen LogP contribution in [0.25, 0.3) is 0 Å². The largest absolute Gasteiger partial charge is 0.394 e. The monoisotopic (exact) mass is 311 g/mol. The Balaban J connectivity index is 2.45. The third-order valence-corrected chi connectivity index (χ3v) is 4.30. The standard InChI is InChI=1S/C13H18BrN3O/c1-8-5-6-17(11(8)7-18)10-4-2-3-9(14)12(10)13(15)16/h2-4,8,11,18H,5-7H2,1H3,(H3,15,16). The molecule has 2 unspecified atom stereocenters. The number of aliphatic hydroxyl groups excluding tert-OH is 1. The second-order valence-corrected chi connectivity index (χ2v) is 5.61. The highest BCUT2D eigenvalue weighted by Crippen LogP contribution is 2.34. The molecule has 1 heterocycles. The number of nitrogens with one attached hydrogen (secondary N) is 1. The average Bonchev–Trinajstić information content (AvgIpc) is 2.69. The van der Waals surface area contributed by atoms with Gasteiger partial charge in [0.15, 0.2) is 0 Å². The lowest BCUT2D eigenvalue weighted by Gasteiger charge is -2.29. The minimum absolute atomic E-state index is 0.0497.